The lowest BCUT2D eigenvalue weighted by Gasteiger charge is -2.34. The van der Waals surface area contributed by atoms with E-state index < -0.39 is 0 Å². The van der Waals surface area contributed by atoms with Gasteiger partial charge in [-0.1, -0.05) is 0 Å². The summed E-state index contributed by atoms with van der Waals surface area (Å²) in [7, 11) is 1.71. The number of nitrogens with one attached hydrogen (secondary N) is 1. The maximum atomic E-state index is 5.72. The quantitative estimate of drug-likeness (QED) is 0.335. The Bertz CT molecular complexity index is 623. The van der Waals surface area contributed by atoms with Gasteiger partial charge in [-0.3, -0.25) is 9.89 Å². The largest absolute Gasteiger partial charge is 0.382 e. The van der Waals surface area contributed by atoms with E-state index in [1.807, 2.05) is 6.07 Å². The van der Waals surface area contributed by atoms with Gasteiger partial charge in [0.05, 0.1) is 26.4 Å². The van der Waals surface area contributed by atoms with Crippen molar-refractivity contribution >= 4 is 11.9 Å². The third-order valence-electron chi connectivity index (χ3n) is 5.59. The molecule has 1 aromatic rings. The SMILES string of the molecule is CCNC(=NCCN1CCN(c2ncccn2)CC1)N1CCC(COCCOC)C1. The van der Waals surface area contributed by atoms with Crippen molar-refractivity contribution in [3.63, 3.8) is 0 Å². The van der Waals surface area contributed by atoms with E-state index in [2.05, 4.69) is 36.9 Å². The first-order valence-corrected chi connectivity index (χ1v) is 11.1. The van der Waals surface area contributed by atoms with Crippen LogP contribution in [0.1, 0.15) is 13.3 Å². The van der Waals surface area contributed by atoms with Crippen LogP contribution in [0.3, 0.4) is 0 Å². The Morgan fingerprint density at radius 1 is 1.17 bits per heavy atom. The number of rotatable bonds is 10. The number of likely N-dealkylation sites (tertiary alicyclic amines) is 1. The van der Waals surface area contributed by atoms with Crippen LogP contribution >= 0.6 is 0 Å². The van der Waals surface area contributed by atoms with Gasteiger partial charge in [0.15, 0.2) is 5.96 Å². The van der Waals surface area contributed by atoms with Crippen molar-refractivity contribution in [3.8, 4) is 0 Å². The zero-order chi connectivity index (χ0) is 21.0. The van der Waals surface area contributed by atoms with Crippen LogP contribution in [0.5, 0.6) is 0 Å². The maximum Gasteiger partial charge on any atom is 0.225 e. The number of ether oxygens (including phenoxy) is 2. The minimum atomic E-state index is 0.569. The van der Waals surface area contributed by atoms with Crippen molar-refractivity contribution in [1.82, 2.24) is 25.1 Å². The summed E-state index contributed by atoms with van der Waals surface area (Å²) >= 11 is 0. The Balaban J connectivity index is 1.39. The molecular formula is C21H37N7O2. The molecule has 0 amide bonds. The highest BCUT2D eigenvalue weighted by molar-refractivity contribution is 5.80. The van der Waals surface area contributed by atoms with Gasteiger partial charge in [-0.15, -0.1) is 0 Å². The molecule has 0 aliphatic carbocycles. The van der Waals surface area contributed by atoms with Crippen LogP contribution in [0.4, 0.5) is 5.95 Å². The van der Waals surface area contributed by atoms with Gasteiger partial charge in [0.2, 0.25) is 5.95 Å². The molecular weight excluding hydrogens is 382 g/mol. The van der Waals surface area contributed by atoms with Crippen LogP contribution < -0.4 is 10.2 Å². The molecule has 2 aliphatic rings. The van der Waals surface area contributed by atoms with Gasteiger partial charge in [-0.25, -0.2) is 9.97 Å². The number of anilines is 1. The van der Waals surface area contributed by atoms with Crippen molar-refractivity contribution in [3.05, 3.63) is 18.5 Å². The van der Waals surface area contributed by atoms with Crippen molar-refractivity contribution in [2.45, 2.75) is 13.3 Å². The molecule has 3 heterocycles. The number of hydrogen-bond donors (Lipinski definition) is 1. The second-order valence-electron chi connectivity index (χ2n) is 7.78. The lowest BCUT2D eigenvalue weighted by atomic mass is 10.1. The van der Waals surface area contributed by atoms with E-state index in [9.17, 15) is 0 Å². The molecule has 30 heavy (non-hydrogen) atoms. The molecule has 0 radical (unpaired) electrons. The van der Waals surface area contributed by atoms with Gasteiger partial charge in [-0.2, -0.15) is 0 Å². The summed E-state index contributed by atoms with van der Waals surface area (Å²) in [6.07, 6.45) is 4.77. The Hall–Kier alpha value is -1.97. The molecule has 0 saturated carbocycles. The first-order valence-electron chi connectivity index (χ1n) is 11.1. The number of aliphatic imine (C=N–C) groups is 1. The third kappa shape index (κ3) is 7.07. The number of guanidine groups is 1. The topological polar surface area (TPSA) is 78.4 Å². The van der Waals surface area contributed by atoms with Crippen LogP contribution in [0.15, 0.2) is 23.5 Å². The van der Waals surface area contributed by atoms with E-state index >= 15 is 0 Å². The molecule has 1 aromatic heterocycles. The Morgan fingerprint density at radius 3 is 2.70 bits per heavy atom. The molecule has 9 nitrogen and oxygen atoms in total. The summed E-state index contributed by atoms with van der Waals surface area (Å²) in [6, 6.07) is 1.86. The predicted octanol–water partition coefficient (Wildman–Crippen LogP) is 0.549. The van der Waals surface area contributed by atoms with Crippen molar-refractivity contribution in [2.75, 3.05) is 90.7 Å². The first-order chi connectivity index (χ1) is 14.8. The highest BCUT2D eigenvalue weighted by atomic mass is 16.5. The zero-order valence-electron chi connectivity index (χ0n) is 18.5. The fourth-order valence-corrected chi connectivity index (χ4v) is 3.90. The Kier molecular flexibility index (Phi) is 9.59. The maximum absolute atomic E-state index is 5.72. The Morgan fingerprint density at radius 2 is 1.97 bits per heavy atom. The Labute approximate surface area is 180 Å². The molecule has 9 heteroatoms. The average molecular weight is 420 g/mol. The summed E-state index contributed by atoms with van der Waals surface area (Å²) < 4.78 is 10.8. The van der Waals surface area contributed by atoms with Gasteiger partial charge in [0, 0.05) is 77.8 Å². The predicted molar refractivity (Wildman–Crippen MR) is 119 cm³/mol. The third-order valence-corrected chi connectivity index (χ3v) is 5.59. The van der Waals surface area contributed by atoms with E-state index in [-0.39, 0.29) is 0 Å². The molecule has 2 fully saturated rings. The highest BCUT2D eigenvalue weighted by Gasteiger charge is 2.25. The molecule has 0 aromatic carbocycles. The monoisotopic (exact) mass is 419 g/mol. The number of nitrogens with zero attached hydrogens (tertiary/aromatic N) is 6. The van der Waals surface area contributed by atoms with Crippen LogP contribution in [0.25, 0.3) is 0 Å². The normalized spacial score (nSPS) is 20.7. The molecule has 168 valence electrons. The molecule has 0 spiro atoms. The molecule has 2 saturated heterocycles. The molecule has 0 bridgehead atoms. The summed E-state index contributed by atoms with van der Waals surface area (Å²) in [5.41, 5.74) is 0. The lowest BCUT2D eigenvalue weighted by molar-refractivity contribution is 0.0536. The molecule has 1 atom stereocenters. The van der Waals surface area contributed by atoms with Gasteiger partial charge in [0.25, 0.3) is 0 Å². The zero-order valence-corrected chi connectivity index (χ0v) is 18.5. The van der Waals surface area contributed by atoms with Gasteiger partial charge in [-0.05, 0) is 19.4 Å². The van der Waals surface area contributed by atoms with Crippen molar-refractivity contribution < 1.29 is 9.47 Å². The summed E-state index contributed by atoms with van der Waals surface area (Å²) in [5.74, 6) is 2.44. The highest BCUT2D eigenvalue weighted by Crippen LogP contribution is 2.16. The van der Waals surface area contributed by atoms with Crippen LogP contribution in [0, 0.1) is 5.92 Å². The summed E-state index contributed by atoms with van der Waals surface area (Å²) in [5, 5.41) is 3.46. The smallest absolute Gasteiger partial charge is 0.225 e. The van der Waals surface area contributed by atoms with E-state index in [4.69, 9.17) is 14.5 Å². The summed E-state index contributed by atoms with van der Waals surface area (Å²) in [4.78, 5) is 20.7. The fraction of sp³-hybridized carbons (Fsp3) is 0.762. The van der Waals surface area contributed by atoms with Crippen molar-refractivity contribution in [2.24, 2.45) is 10.9 Å². The van der Waals surface area contributed by atoms with Gasteiger partial charge >= 0.3 is 0 Å². The molecule has 3 rings (SSSR count). The molecule has 1 unspecified atom stereocenters. The van der Waals surface area contributed by atoms with E-state index in [1.54, 1.807) is 19.5 Å². The van der Waals surface area contributed by atoms with Crippen LogP contribution in [-0.2, 0) is 9.47 Å². The molecule has 1 N–H and O–H groups in total. The standard InChI is InChI=1S/C21H37N7O2/c1-3-22-20(28-9-5-19(17-28)18-30-16-15-29-2)25-8-10-26-11-13-27(14-12-26)21-23-6-4-7-24-21/h4,6-7,19H,3,5,8-18H2,1-2H3,(H,22,25). The summed E-state index contributed by atoms with van der Waals surface area (Å²) in [6.45, 7) is 13.0. The van der Waals surface area contributed by atoms with Gasteiger partial charge < -0.3 is 24.6 Å². The second-order valence-corrected chi connectivity index (χ2v) is 7.78. The number of methoxy groups -OCH3 is 1. The van der Waals surface area contributed by atoms with E-state index in [0.717, 1.165) is 83.8 Å². The van der Waals surface area contributed by atoms with Gasteiger partial charge in [0.1, 0.15) is 0 Å². The van der Waals surface area contributed by atoms with Crippen LogP contribution in [0.2, 0.25) is 0 Å². The minimum absolute atomic E-state index is 0.569. The van der Waals surface area contributed by atoms with E-state index in [1.165, 1.54) is 0 Å². The van der Waals surface area contributed by atoms with Crippen molar-refractivity contribution in [1.29, 1.82) is 0 Å². The number of aromatic nitrogens is 2. The fourth-order valence-electron chi connectivity index (χ4n) is 3.90. The number of piperazine rings is 1. The number of hydrogen-bond acceptors (Lipinski definition) is 7. The molecule has 2 aliphatic heterocycles. The van der Waals surface area contributed by atoms with E-state index in [0.29, 0.717) is 19.1 Å². The minimum Gasteiger partial charge on any atom is -0.382 e. The average Bonchev–Trinajstić information content (AvgIpc) is 3.26. The first kappa shape index (κ1) is 22.7. The second kappa shape index (κ2) is 12.7. The lowest BCUT2D eigenvalue weighted by Crippen LogP contribution is -2.48. The van der Waals surface area contributed by atoms with Crippen LogP contribution in [-0.4, -0.2) is 112 Å².